The lowest BCUT2D eigenvalue weighted by molar-refractivity contribution is -0.138. The second-order valence-electron chi connectivity index (χ2n) is 8.04. The van der Waals surface area contributed by atoms with E-state index in [9.17, 15) is 14.0 Å². The molecule has 29 heavy (non-hydrogen) atoms. The van der Waals surface area contributed by atoms with E-state index in [1.807, 2.05) is 47.4 Å². The SMILES string of the molecule is CC(CF)C(=O)N1CCN(C(=O)c2cc(-c3ccccc3)ccn2)C(C2CC2)C1. The van der Waals surface area contributed by atoms with Crippen molar-refractivity contribution in [3.63, 3.8) is 0 Å². The minimum atomic E-state index is -0.651. The molecule has 4 rings (SSSR count). The largest absolute Gasteiger partial charge is 0.339 e. The number of amides is 2. The molecule has 2 unspecified atom stereocenters. The predicted octanol–water partition coefficient (Wildman–Crippen LogP) is 3.42. The molecule has 152 valence electrons. The van der Waals surface area contributed by atoms with Gasteiger partial charge in [-0.05, 0) is 42.0 Å². The van der Waals surface area contributed by atoms with E-state index in [0.29, 0.717) is 31.2 Å². The Morgan fingerprint density at radius 3 is 2.59 bits per heavy atom. The molecule has 1 saturated heterocycles. The van der Waals surface area contributed by atoms with Crippen LogP contribution in [0.3, 0.4) is 0 Å². The predicted molar refractivity (Wildman–Crippen MR) is 109 cm³/mol. The fraction of sp³-hybridized carbons (Fsp3) is 0.435. The molecule has 6 heteroatoms. The minimum absolute atomic E-state index is 0.0193. The molecule has 0 spiro atoms. The number of halogens is 1. The van der Waals surface area contributed by atoms with Crippen LogP contribution in [0.4, 0.5) is 4.39 Å². The fourth-order valence-corrected chi connectivity index (χ4v) is 4.03. The van der Waals surface area contributed by atoms with Crippen molar-refractivity contribution < 1.29 is 14.0 Å². The van der Waals surface area contributed by atoms with E-state index >= 15 is 0 Å². The van der Waals surface area contributed by atoms with Gasteiger partial charge in [-0.15, -0.1) is 0 Å². The minimum Gasteiger partial charge on any atom is -0.339 e. The van der Waals surface area contributed by atoms with Gasteiger partial charge < -0.3 is 9.80 Å². The molecule has 0 bridgehead atoms. The number of rotatable bonds is 5. The Morgan fingerprint density at radius 1 is 1.14 bits per heavy atom. The van der Waals surface area contributed by atoms with Crippen molar-refractivity contribution in [1.29, 1.82) is 0 Å². The Hall–Kier alpha value is -2.76. The molecule has 1 saturated carbocycles. The topological polar surface area (TPSA) is 53.5 Å². The van der Waals surface area contributed by atoms with Crippen LogP contribution in [0.15, 0.2) is 48.7 Å². The van der Waals surface area contributed by atoms with Gasteiger partial charge in [0.25, 0.3) is 5.91 Å². The number of hydrogen-bond acceptors (Lipinski definition) is 3. The Morgan fingerprint density at radius 2 is 1.90 bits per heavy atom. The molecule has 2 atom stereocenters. The molecular formula is C23H26FN3O2. The first-order chi connectivity index (χ1) is 14.1. The number of piperazine rings is 1. The van der Waals surface area contributed by atoms with Crippen LogP contribution in [-0.4, -0.2) is 58.9 Å². The zero-order valence-corrected chi connectivity index (χ0v) is 16.6. The van der Waals surface area contributed by atoms with Crippen molar-refractivity contribution in [2.45, 2.75) is 25.8 Å². The number of pyridine rings is 1. The molecule has 2 amide bonds. The maximum atomic E-state index is 13.3. The Balaban J connectivity index is 1.53. The van der Waals surface area contributed by atoms with Crippen molar-refractivity contribution >= 4 is 11.8 Å². The summed E-state index contributed by atoms with van der Waals surface area (Å²) in [6.45, 7) is 2.35. The highest BCUT2D eigenvalue weighted by atomic mass is 19.1. The molecule has 0 N–H and O–H groups in total. The highest BCUT2D eigenvalue weighted by molar-refractivity contribution is 5.94. The van der Waals surface area contributed by atoms with Gasteiger partial charge in [-0.1, -0.05) is 37.3 Å². The summed E-state index contributed by atoms with van der Waals surface area (Å²) in [7, 11) is 0. The van der Waals surface area contributed by atoms with Gasteiger partial charge in [0.2, 0.25) is 5.91 Å². The molecule has 2 aliphatic rings. The molecule has 2 heterocycles. The second-order valence-corrected chi connectivity index (χ2v) is 8.04. The van der Waals surface area contributed by atoms with Crippen LogP contribution in [0.2, 0.25) is 0 Å². The van der Waals surface area contributed by atoms with E-state index in [2.05, 4.69) is 4.98 Å². The van der Waals surface area contributed by atoms with Gasteiger partial charge in [-0.2, -0.15) is 0 Å². The monoisotopic (exact) mass is 395 g/mol. The number of nitrogens with zero attached hydrogens (tertiary/aromatic N) is 3. The second kappa shape index (κ2) is 8.31. The van der Waals surface area contributed by atoms with Gasteiger partial charge >= 0.3 is 0 Å². The number of carbonyl (C=O) groups excluding carboxylic acids is 2. The van der Waals surface area contributed by atoms with E-state index in [4.69, 9.17) is 0 Å². The molecule has 1 aromatic heterocycles. The summed E-state index contributed by atoms with van der Waals surface area (Å²) in [5, 5.41) is 0. The summed E-state index contributed by atoms with van der Waals surface area (Å²) in [5.74, 6) is -0.464. The molecule has 1 aliphatic heterocycles. The van der Waals surface area contributed by atoms with E-state index in [-0.39, 0.29) is 17.9 Å². The van der Waals surface area contributed by atoms with Gasteiger partial charge in [0.1, 0.15) is 12.4 Å². The zero-order chi connectivity index (χ0) is 20.4. The van der Waals surface area contributed by atoms with Crippen molar-refractivity contribution in [3.05, 3.63) is 54.4 Å². The number of hydrogen-bond donors (Lipinski definition) is 0. The maximum absolute atomic E-state index is 13.3. The Bertz CT molecular complexity index is 885. The highest BCUT2D eigenvalue weighted by Crippen LogP contribution is 2.37. The van der Waals surface area contributed by atoms with Crippen molar-refractivity contribution in [1.82, 2.24) is 14.8 Å². The summed E-state index contributed by atoms with van der Waals surface area (Å²) >= 11 is 0. The van der Waals surface area contributed by atoms with E-state index in [0.717, 1.165) is 24.0 Å². The standard InChI is InChI=1S/C23H26FN3O2/c1-16(14-24)22(28)26-11-12-27(21(15-26)18-7-8-18)23(29)20-13-19(9-10-25-20)17-5-3-2-4-6-17/h2-6,9-10,13,16,18,21H,7-8,11-12,14-15H2,1H3. The van der Waals surface area contributed by atoms with E-state index in [1.165, 1.54) is 0 Å². The van der Waals surface area contributed by atoms with Crippen LogP contribution >= 0.6 is 0 Å². The number of aromatic nitrogens is 1. The van der Waals surface area contributed by atoms with Crippen LogP contribution < -0.4 is 0 Å². The van der Waals surface area contributed by atoms with Crippen LogP contribution in [0, 0.1) is 11.8 Å². The third kappa shape index (κ3) is 4.16. The van der Waals surface area contributed by atoms with Gasteiger partial charge in [0, 0.05) is 25.8 Å². The van der Waals surface area contributed by atoms with Gasteiger partial charge in [0.15, 0.2) is 0 Å². The lowest BCUT2D eigenvalue weighted by Gasteiger charge is -2.42. The summed E-state index contributed by atoms with van der Waals surface area (Å²) in [5.41, 5.74) is 2.42. The lowest BCUT2D eigenvalue weighted by atomic mass is 10.0. The number of alkyl halides is 1. The zero-order valence-electron chi connectivity index (χ0n) is 16.6. The first-order valence-corrected chi connectivity index (χ1v) is 10.3. The summed E-state index contributed by atoms with van der Waals surface area (Å²) < 4.78 is 12.9. The summed E-state index contributed by atoms with van der Waals surface area (Å²) in [4.78, 5) is 33.7. The smallest absolute Gasteiger partial charge is 0.272 e. The molecule has 2 aromatic rings. The van der Waals surface area contributed by atoms with Crippen LogP contribution in [0.25, 0.3) is 11.1 Å². The Labute approximate surface area is 170 Å². The third-order valence-corrected chi connectivity index (χ3v) is 5.90. The van der Waals surface area contributed by atoms with Crippen molar-refractivity contribution in [2.75, 3.05) is 26.3 Å². The van der Waals surface area contributed by atoms with Crippen molar-refractivity contribution in [3.8, 4) is 11.1 Å². The maximum Gasteiger partial charge on any atom is 0.272 e. The first kappa shape index (κ1) is 19.6. The first-order valence-electron chi connectivity index (χ1n) is 10.3. The lowest BCUT2D eigenvalue weighted by Crippen LogP contribution is -2.58. The average Bonchev–Trinajstić information content (AvgIpc) is 3.63. The highest BCUT2D eigenvalue weighted by Gasteiger charge is 2.42. The van der Waals surface area contributed by atoms with Gasteiger partial charge in [0.05, 0.1) is 12.0 Å². The summed E-state index contributed by atoms with van der Waals surface area (Å²) in [6.07, 6.45) is 3.80. The molecular weight excluding hydrogens is 369 g/mol. The van der Waals surface area contributed by atoms with Crippen LogP contribution in [-0.2, 0) is 4.79 Å². The molecule has 0 radical (unpaired) electrons. The van der Waals surface area contributed by atoms with Crippen molar-refractivity contribution in [2.24, 2.45) is 11.8 Å². The Kier molecular flexibility index (Phi) is 5.60. The quantitative estimate of drug-likeness (QED) is 0.780. The molecule has 5 nitrogen and oxygen atoms in total. The third-order valence-electron chi connectivity index (χ3n) is 5.90. The normalized spacial score (nSPS) is 20.4. The average molecular weight is 395 g/mol. The van der Waals surface area contributed by atoms with E-state index < -0.39 is 12.6 Å². The summed E-state index contributed by atoms with van der Waals surface area (Å²) in [6, 6.07) is 13.6. The van der Waals surface area contributed by atoms with Crippen LogP contribution in [0.1, 0.15) is 30.3 Å². The number of benzene rings is 1. The van der Waals surface area contributed by atoms with Gasteiger partial charge in [-0.3, -0.25) is 19.0 Å². The van der Waals surface area contributed by atoms with Gasteiger partial charge in [-0.25, -0.2) is 0 Å². The molecule has 1 aliphatic carbocycles. The number of carbonyl (C=O) groups is 2. The molecule has 1 aromatic carbocycles. The van der Waals surface area contributed by atoms with E-state index in [1.54, 1.807) is 18.0 Å². The van der Waals surface area contributed by atoms with Crippen LogP contribution in [0.5, 0.6) is 0 Å². The molecule has 2 fully saturated rings. The fourth-order valence-electron chi connectivity index (χ4n) is 4.03.